The number of nitrogens with zero attached hydrogens (tertiary/aromatic N) is 4. The van der Waals surface area contributed by atoms with Crippen molar-refractivity contribution in [2.45, 2.75) is 0 Å². The van der Waals surface area contributed by atoms with Crippen LogP contribution in [0.15, 0.2) is 150 Å². The van der Waals surface area contributed by atoms with Crippen molar-refractivity contribution in [2.75, 3.05) is 0 Å². The molecule has 0 bridgehead atoms. The standard InChI is InChI=1S/C39H24N4O/c1-4-12-25(13-5-1)28-22-23-33-30(24-28)29-18-10-19-31-35(29)36-32(20-11-21-34(36)44-33)43(31)39-41-37(26-14-6-2-7-15-26)40-38(42-39)27-16-8-3-9-17-27/h1-24H. The Bertz CT molecular complexity index is 2420. The molecule has 0 saturated carbocycles. The van der Waals surface area contributed by atoms with Gasteiger partial charge in [0.25, 0.3) is 0 Å². The third kappa shape index (κ3) is 3.83. The van der Waals surface area contributed by atoms with Crippen LogP contribution in [0.4, 0.5) is 0 Å². The second-order valence-corrected chi connectivity index (χ2v) is 10.9. The van der Waals surface area contributed by atoms with Crippen LogP contribution >= 0.6 is 0 Å². The second-order valence-electron chi connectivity index (χ2n) is 10.9. The Hall–Kier alpha value is -6.07. The second kappa shape index (κ2) is 9.75. The number of fused-ring (bicyclic) bond motifs is 2. The number of benzene rings is 6. The molecule has 0 amide bonds. The van der Waals surface area contributed by atoms with Crippen molar-refractivity contribution in [3.63, 3.8) is 0 Å². The maximum absolute atomic E-state index is 6.68. The first kappa shape index (κ1) is 24.5. The fourth-order valence-corrected chi connectivity index (χ4v) is 6.26. The van der Waals surface area contributed by atoms with Crippen molar-refractivity contribution in [3.8, 4) is 39.9 Å². The summed E-state index contributed by atoms with van der Waals surface area (Å²) < 4.78 is 8.83. The van der Waals surface area contributed by atoms with Gasteiger partial charge in [0.2, 0.25) is 5.95 Å². The van der Waals surface area contributed by atoms with Gasteiger partial charge in [0.05, 0.1) is 16.4 Å². The van der Waals surface area contributed by atoms with Gasteiger partial charge in [-0.2, -0.15) is 9.97 Å². The highest BCUT2D eigenvalue weighted by molar-refractivity contribution is 6.26. The van der Waals surface area contributed by atoms with E-state index in [1.165, 1.54) is 5.56 Å². The van der Waals surface area contributed by atoms with Crippen molar-refractivity contribution in [3.05, 3.63) is 146 Å². The Morgan fingerprint density at radius 2 is 1.00 bits per heavy atom. The largest absolute Gasteiger partial charge is 0.456 e. The van der Waals surface area contributed by atoms with Gasteiger partial charge in [-0.25, -0.2) is 4.98 Å². The van der Waals surface area contributed by atoms with E-state index in [0.717, 1.165) is 60.4 Å². The average Bonchev–Trinajstić information content (AvgIpc) is 3.37. The third-order valence-corrected chi connectivity index (χ3v) is 8.26. The minimum absolute atomic E-state index is 0.561. The maximum Gasteiger partial charge on any atom is 0.238 e. The minimum Gasteiger partial charge on any atom is -0.456 e. The van der Waals surface area contributed by atoms with Crippen molar-refractivity contribution >= 4 is 43.7 Å². The molecular weight excluding hydrogens is 540 g/mol. The maximum atomic E-state index is 6.68. The molecule has 0 N–H and O–H groups in total. The number of rotatable bonds is 4. The predicted octanol–water partition coefficient (Wildman–Crippen LogP) is 9.87. The highest BCUT2D eigenvalue weighted by atomic mass is 16.3. The van der Waals surface area contributed by atoms with Gasteiger partial charge in [0, 0.05) is 21.9 Å². The van der Waals surface area contributed by atoms with Crippen LogP contribution in [-0.2, 0) is 0 Å². The molecule has 9 rings (SSSR count). The normalized spacial score (nSPS) is 11.6. The van der Waals surface area contributed by atoms with E-state index in [9.17, 15) is 0 Å². The molecule has 3 heterocycles. The number of aromatic nitrogens is 4. The molecule has 0 spiro atoms. The molecule has 6 aromatic carbocycles. The van der Waals surface area contributed by atoms with E-state index >= 15 is 0 Å². The number of hydrogen-bond donors (Lipinski definition) is 0. The van der Waals surface area contributed by atoms with Crippen molar-refractivity contribution < 1.29 is 4.42 Å². The Morgan fingerprint density at radius 1 is 0.409 bits per heavy atom. The lowest BCUT2D eigenvalue weighted by atomic mass is 10.0. The molecular formula is C39H24N4O. The molecule has 0 aliphatic rings. The highest BCUT2D eigenvalue weighted by Gasteiger charge is 2.21. The van der Waals surface area contributed by atoms with Crippen LogP contribution in [0.25, 0.3) is 83.6 Å². The van der Waals surface area contributed by atoms with E-state index in [4.69, 9.17) is 19.4 Å². The van der Waals surface area contributed by atoms with Crippen LogP contribution in [0.3, 0.4) is 0 Å². The number of hydrogen-bond acceptors (Lipinski definition) is 4. The van der Waals surface area contributed by atoms with Gasteiger partial charge in [-0.05, 0) is 46.8 Å². The molecule has 5 heteroatoms. The zero-order chi connectivity index (χ0) is 29.0. The van der Waals surface area contributed by atoms with Crippen LogP contribution < -0.4 is 0 Å². The summed E-state index contributed by atoms with van der Waals surface area (Å²) in [5.74, 6) is 1.81. The van der Waals surface area contributed by atoms with E-state index in [0.29, 0.717) is 17.6 Å². The molecule has 0 unspecified atom stereocenters. The Balaban J connectivity index is 1.39. The lowest BCUT2D eigenvalue weighted by molar-refractivity contribution is 0.664. The minimum atomic E-state index is 0.561. The van der Waals surface area contributed by atoms with E-state index in [-0.39, 0.29) is 0 Å². The predicted molar refractivity (Wildman–Crippen MR) is 178 cm³/mol. The average molecular weight is 565 g/mol. The molecule has 44 heavy (non-hydrogen) atoms. The first-order valence-corrected chi connectivity index (χ1v) is 14.6. The van der Waals surface area contributed by atoms with Gasteiger partial charge in [0.15, 0.2) is 11.6 Å². The summed E-state index contributed by atoms with van der Waals surface area (Å²) in [7, 11) is 0. The van der Waals surface area contributed by atoms with Crippen molar-refractivity contribution in [1.29, 1.82) is 0 Å². The summed E-state index contributed by atoms with van der Waals surface area (Å²) >= 11 is 0. The Labute approximate surface area is 252 Å². The zero-order valence-electron chi connectivity index (χ0n) is 23.6. The Kier molecular flexibility index (Phi) is 5.43. The van der Waals surface area contributed by atoms with Crippen molar-refractivity contribution in [1.82, 2.24) is 19.5 Å². The fourth-order valence-electron chi connectivity index (χ4n) is 6.26. The van der Waals surface area contributed by atoms with Crippen LogP contribution in [0.2, 0.25) is 0 Å². The van der Waals surface area contributed by atoms with Gasteiger partial charge in [-0.15, -0.1) is 0 Å². The van der Waals surface area contributed by atoms with Crippen LogP contribution in [0.1, 0.15) is 0 Å². The fraction of sp³-hybridized carbons (Fsp3) is 0. The highest BCUT2D eigenvalue weighted by Crippen LogP contribution is 2.41. The van der Waals surface area contributed by atoms with Gasteiger partial charge in [0.1, 0.15) is 11.2 Å². The molecule has 206 valence electrons. The van der Waals surface area contributed by atoms with E-state index in [1.807, 2.05) is 78.9 Å². The van der Waals surface area contributed by atoms with E-state index in [1.54, 1.807) is 0 Å². The smallest absolute Gasteiger partial charge is 0.238 e. The first-order chi connectivity index (χ1) is 21.8. The summed E-state index contributed by atoms with van der Waals surface area (Å²) in [6.45, 7) is 0. The molecule has 0 saturated heterocycles. The monoisotopic (exact) mass is 564 g/mol. The SMILES string of the molecule is c1ccc(-c2ccc3oc4cccc5c4c4c(cccc4n5-c4nc(-c5ccccc5)nc(-c5ccccc5)n4)c3c2)cc1. The summed E-state index contributed by atoms with van der Waals surface area (Å²) in [6.07, 6.45) is 0. The molecule has 9 aromatic rings. The summed E-state index contributed by atoms with van der Waals surface area (Å²) in [5.41, 5.74) is 7.81. The lowest BCUT2D eigenvalue weighted by Gasteiger charge is -2.11. The molecule has 3 aromatic heterocycles. The Morgan fingerprint density at radius 3 is 1.66 bits per heavy atom. The summed E-state index contributed by atoms with van der Waals surface area (Å²) in [4.78, 5) is 15.1. The topological polar surface area (TPSA) is 56.7 Å². The van der Waals surface area contributed by atoms with Gasteiger partial charge in [-0.1, -0.05) is 115 Å². The molecule has 0 aliphatic carbocycles. The summed E-state index contributed by atoms with van der Waals surface area (Å²) in [6, 6.07) is 49.7. The van der Waals surface area contributed by atoms with Crippen LogP contribution in [0, 0.1) is 0 Å². The molecule has 0 radical (unpaired) electrons. The zero-order valence-corrected chi connectivity index (χ0v) is 23.6. The van der Waals surface area contributed by atoms with Crippen LogP contribution in [0.5, 0.6) is 0 Å². The van der Waals surface area contributed by atoms with Gasteiger partial charge < -0.3 is 4.42 Å². The van der Waals surface area contributed by atoms with Gasteiger partial charge >= 0.3 is 0 Å². The molecule has 0 atom stereocenters. The van der Waals surface area contributed by atoms with Crippen molar-refractivity contribution in [2.24, 2.45) is 0 Å². The van der Waals surface area contributed by atoms with E-state index in [2.05, 4.69) is 71.3 Å². The quantitative estimate of drug-likeness (QED) is 0.213. The van der Waals surface area contributed by atoms with Crippen LogP contribution in [-0.4, -0.2) is 19.5 Å². The molecule has 0 aliphatic heterocycles. The summed E-state index contributed by atoms with van der Waals surface area (Å²) in [5, 5.41) is 4.32. The first-order valence-electron chi connectivity index (χ1n) is 14.6. The van der Waals surface area contributed by atoms with E-state index < -0.39 is 0 Å². The molecule has 0 fully saturated rings. The lowest BCUT2D eigenvalue weighted by Crippen LogP contribution is -2.06. The van der Waals surface area contributed by atoms with Gasteiger partial charge in [-0.3, -0.25) is 4.57 Å². The molecule has 5 nitrogen and oxygen atoms in total. The third-order valence-electron chi connectivity index (χ3n) is 8.26.